The van der Waals surface area contributed by atoms with Crippen molar-refractivity contribution in [2.24, 2.45) is 0 Å². The van der Waals surface area contributed by atoms with E-state index in [1.807, 2.05) is 11.8 Å². The summed E-state index contributed by atoms with van der Waals surface area (Å²) < 4.78 is 1.48. The largest absolute Gasteiger partial charge is 0.395 e. The number of nitrogens with zero attached hydrogens (tertiary/aromatic N) is 7. The first-order valence-electron chi connectivity index (χ1n) is 6.99. The summed E-state index contributed by atoms with van der Waals surface area (Å²) in [6.45, 7) is 6.01. The van der Waals surface area contributed by atoms with E-state index in [1.165, 1.54) is 17.3 Å². The number of rotatable bonds is 8. The highest BCUT2D eigenvalue weighted by atomic mass is 16.3. The summed E-state index contributed by atoms with van der Waals surface area (Å²) in [6.07, 6.45) is 3.92. The van der Waals surface area contributed by atoms with E-state index in [4.69, 9.17) is 5.11 Å². The predicted octanol–water partition coefficient (Wildman–Crippen LogP) is 0.0928. The predicted molar refractivity (Wildman–Crippen MR) is 78.5 cm³/mol. The quantitative estimate of drug-likeness (QED) is 0.705. The first kappa shape index (κ1) is 15.1. The Morgan fingerprint density at radius 1 is 1.29 bits per heavy atom. The first-order valence-corrected chi connectivity index (χ1v) is 6.99. The first-order chi connectivity index (χ1) is 10.3. The Hall–Kier alpha value is -2.29. The highest BCUT2D eigenvalue weighted by Crippen LogP contribution is 2.12. The Labute approximate surface area is 123 Å². The number of aliphatic hydroxyl groups excluding tert-OH is 1. The molecule has 2 rings (SSSR count). The fraction of sp³-hybridized carbons (Fsp3) is 0.583. The molecule has 0 amide bonds. The minimum atomic E-state index is 0.0376. The molecule has 0 saturated heterocycles. The second-order valence-electron chi connectivity index (χ2n) is 4.33. The molecule has 0 aliphatic carbocycles. The maximum absolute atomic E-state index is 9.14. The summed E-state index contributed by atoms with van der Waals surface area (Å²) in [6, 6.07) is 0. The van der Waals surface area contributed by atoms with Crippen LogP contribution >= 0.6 is 0 Å². The summed E-state index contributed by atoms with van der Waals surface area (Å²) in [5.41, 5.74) is 0. The minimum Gasteiger partial charge on any atom is -0.395 e. The average molecular weight is 292 g/mol. The fourth-order valence-corrected chi connectivity index (χ4v) is 1.75. The van der Waals surface area contributed by atoms with Gasteiger partial charge in [-0.2, -0.15) is 24.7 Å². The molecule has 0 aromatic carbocycles. The fourth-order valence-electron chi connectivity index (χ4n) is 1.75. The van der Waals surface area contributed by atoms with Crippen LogP contribution in [0.1, 0.15) is 20.3 Å². The molecule has 9 nitrogen and oxygen atoms in total. The lowest BCUT2D eigenvalue weighted by molar-refractivity contribution is 0.301. The average Bonchev–Trinajstić information content (AvgIpc) is 3.04. The lowest BCUT2D eigenvalue weighted by Gasteiger charge is -2.20. The van der Waals surface area contributed by atoms with Crippen LogP contribution in [0.4, 0.5) is 11.9 Å². The maximum atomic E-state index is 9.14. The van der Waals surface area contributed by atoms with Crippen molar-refractivity contribution < 1.29 is 5.11 Å². The van der Waals surface area contributed by atoms with Gasteiger partial charge in [-0.25, -0.2) is 4.98 Å². The molecule has 0 bridgehead atoms. The molecule has 0 saturated carbocycles. The Morgan fingerprint density at radius 2 is 2.14 bits per heavy atom. The maximum Gasteiger partial charge on any atom is 0.258 e. The third kappa shape index (κ3) is 3.85. The lowest BCUT2D eigenvalue weighted by Crippen LogP contribution is -2.29. The van der Waals surface area contributed by atoms with Gasteiger partial charge in [0.15, 0.2) is 0 Å². The van der Waals surface area contributed by atoms with Crippen LogP contribution in [0.25, 0.3) is 5.95 Å². The van der Waals surface area contributed by atoms with Crippen LogP contribution in [0.3, 0.4) is 0 Å². The minimum absolute atomic E-state index is 0.0376. The van der Waals surface area contributed by atoms with Crippen LogP contribution in [0.5, 0.6) is 0 Å². The summed E-state index contributed by atoms with van der Waals surface area (Å²) in [7, 11) is 0. The van der Waals surface area contributed by atoms with Crippen molar-refractivity contribution in [2.45, 2.75) is 20.3 Å². The standard InChI is InChI=1S/C12H20N8O/c1-3-5-14-10-16-11(19(4-2)6-7-21)18-12(17-10)20-9-13-8-15-20/h8-9,21H,3-7H2,1-2H3,(H,14,16,17,18). The summed E-state index contributed by atoms with van der Waals surface area (Å²) in [4.78, 5) is 18.9. The van der Waals surface area contributed by atoms with Gasteiger partial charge < -0.3 is 15.3 Å². The molecule has 2 aromatic rings. The van der Waals surface area contributed by atoms with Gasteiger partial charge >= 0.3 is 0 Å². The van der Waals surface area contributed by atoms with E-state index >= 15 is 0 Å². The lowest BCUT2D eigenvalue weighted by atomic mass is 10.5. The third-order valence-electron chi connectivity index (χ3n) is 2.80. The highest BCUT2D eigenvalue weighted by molar-refractivity contribution is 5.39. The molecule has 0 atom stereocenters. The van der Waals surface area contributed by atoms with E-state index in [9.17, 15) is 0 Å². The van der Waals surface area contributed by atoms with Crippen molar-refractivity contribution in [1.82, 2.24) is 29.7 Å². The van der Waals surface area contributed by atoms with Crippen LogP contribution in [0, 0.1) is 0 Å². The topological polar surface area (TPSA) is 105 Å². The van der Waals surface area contributed by atoms with Crippen molar-refractivity contribution in [1.29, 1.82) is 0 Å². The zero-order chi connectivity index (χ0) is 15.1. The van der Waals surface area contributed by atoms with Gasteiger partial charge in [-0.1, -0.05) is 6.92 Å². The SMILES string of the molecule is CCCNc1nc(N(CC)CCO)nc(-n2cncn2)n1. The number of anilines is 2. The molecule has 2 heterocycles. The van der Waals surface area contributed by atoms with Crippen LogP contribution in [0.15, 0.2) is 12.7 Å². The van der Waals surface area contributed by atoms with Crippen molar-refractivity contribution in [3.63, 3.8) is 0 Å². The van der Waals surface area contributed by atoms with Gasteiger partial charge in [0.25, 0.3) is 5.95 Å². The van der Waals surface area contributed by atoms with Crippen LogP contribution < -0.4 is 10.2 Å². The van der Waals surface area contributed by atoms with Crippen LogP contribution in [0.2, 0.25) is 0 Å². The third-order valence-corrected chi connectivity index (χ3v) is 2.80. The molecule has 9 heteroatoms. The van der Waals surface area contributed by atoms with E-state index < -0.39 is 0 Å². The van der Waals surface area contributed by atoms with Gasteiger partial charge in [0, 0.05) is 19.6 Å². The number of aliphatic hydroxyl groups is 1. The molecule has 0 aliphatic rings. The number of hydrogen-bond donors (Lipinski definition) is 2. The van der Waals surface area contributed by atoms with Crippen molar-refractivity contribution in [3.05, 3.63) is 12.7 Å². The highest BCUT2D eigenvalue weighted by Gasteiger charge is 2.13. The van der Waals surface area contributed by atoms with E-state index in [1.54, 1.807) is 0 Å². The van der Waals surface area contributed by atoms with Crippen LogP contribution in [-0.2, 0) is 0 Å². The summed E-state index contributed by atoms with van der Waals surface area (Å²) in [5, 5.41) is 16.3. The molecule has 0 spiro atoms. The van der Waals surface area contributed by atoms with Gasteiger partial charge in [-0.15, -0.1) is 0 Å². The molecule has 21 heavy (non-hydrogen) atoms. The molecular weight excluding hydrogens is 272 g/mol. The number of likely N-dealkylation sites (N-methyl/N-ethyl adjacent to an activating group) is 1. The molecular formula is C12H20N8O. The van der Waals surface area contributed by atoms with Gasteiger partial charge in [-0.05, 0) is 13.3 Å². The van der Waals surface area contributed by atoms with Gasteiger partial charge in [0.2, 0.25) is 11.9 Å². The molecule has 2 N–H and O–H groups in total. The van der Waals surface area contributed by atoms with Crippen LogP contribution in [-0.4, -0.2) is 61.1 Å². The molecule has 114 valence electrons. The normalized spacial score (nSPS) is 10.6. The number of nitrogens with one attached hydrogen (secondary N) is 1. The number of aromatic nitrogens is 6. The zero-order valence-corrected chi connectivity index (χ0v) is 12.3. The smallest absolute Gasteiger partial charge is 0.258 e. The molecule has 0 radical (unpaired) electrons. The zero-order valence-electron chi connectivity index (χ0n) is 12.3. The Kier molecular flexibility index (Phi) is 5.38. The Bertz CT molecular complexity index is 544. The van der Waals surface area contributed by atoms with E-state index in [0.717, 1.165) is 13.0 Å². The Balaban J connectivity index is 2.36. The molecule has 0 fully saturated rings. The molecule has 2 aromatic heterocycles. The summed E-state index contributed by atoms with van der Waals surface area (Å²) >= 11 is 0. The van der Waals surface area contributed by atoms with E-state index in [-0.39, 0.29) is 6.61 Å². The number of hydrogen-bond acceptors (Lipinski definition) is 8. The molecule has 0 aliphatic heterocycles. The van der Waals surface area contributed by atoms with E-state index in [0.29, 0.717) is 30.9 Å². The van der Waals surface area contributed by atoms with Gasteiger partial charge in [0.05, 0.1) is 6.61 Å². The summed E-state index contributed by atoms with van der Waals surface area (Å²) in [5.74, 6) is 1.39. The monoisotopic (exact) mass is 292 g/mol. The Morgan fingerprint density at radius 3 is 2.76 bits per heavy atom. The molecule has 0 unspecified atom stereocenters. The van der Waals surface area contributed by atoms with E-state index in [2.05, 4.69) is 37.3 Å². The van der Waals surface area contributed by atoms with Crippen molar-refractivity contribution >= 4 is 11.9 Å². The van der Waals surface area contributed by atoms with Crippen molar-refractivity contribution in [3.8, 4) is 5.95 Å². The van der Waals surface area contributed by atoms with Gasteiger partial charge in [-0.3, -0.25) is 0 Å². The van der Waals surface area contributed by atoms with Crippen molar-refractivity contribution in [2.75, 3.05) is 36.5 Å². The van der Waals surface area contributed by atoms with Gasteiger partial charge in [0.1, 0.15) is 12.7 Å². The second kappa shape index (κ2) is 7.48. The second-order valence-corrected chi connectivity index (χ2v) is 4.33.